The summed E-state index contributed by atoms with van der Waals surface area (Å²) in [5, 5.41) is 3.50. The van der Waals surface area contributed by atoms with Crippen LogP contribution in [0.3, 0.4) is 0 Å². The Morgan fingerprint density at radius 1 is 0.828 bits per heavy atom. The highest BCUT2D eigenvalue weighted by Gasteiger charge is 2.16. The molecular weight excluding hydrogens is 377 g/mol. The van der Waals surface area contributed by atoms with Gasteiger partial charge >= 0.3 is 0 Å². The Bertz CT molecular complexity index is 1230. The molecule has 4 aromatic rings. The number of aromatic nitrogens is 1. The van der Waals surface area contributed by atoms with E-state index in [-0.39, 0.29) is 0 Å². The van der Waals surface area contributed by atoms with E-state index in [1.54, 1.807) is 6.08 Å². The van der Waals surface area contributed by atoms with E-state index in [1.807, 2.05) is 19.9 Å². The van der Waals surface area contributed by atoms with Gasteiger partial charge in [0.25, 0.3) is 0 Å². The summed E-state index contributed by atoms with van der Waals surface area (Å²) in [6, 6.07) is 25.0. The topological polar surface area (TPSA) is 39.2 Å². The summed E-state index contributed by atoms with van der Waals surface area (Å²) >= 11 is 0. The molecule has 0 spiro atoms. The molecule has 0 radical (unpaired) electrons. The SMILES string of the molecule is CCP(=O)(CC)O/C=C/c1ccc2cccc(-c3cccc4ccccc34)c2n1. The van der Waals surface area contributed by atoms with Gasteiger partial charge in [-0.1, -0.05) is 80.6 Å². The molecule has 0 unspecified atom stereocenters. The maximum absolute atomic E-state index is 12.4. The van der Waals surface area contributed by atoms with E-state index in [4.69, 9.17) is 9.51 Å². The van der Waals surface area contributed by atoms with E-state index >= 15 is 0 Å². The zero-order chi connectivity index (χ0) is 20.3. The standard InChI is InChI=1S/C25H24NO2P/c1-3-29(27,4-2)28-18-17-21-16-15-20-11-8-14-24(25(20)26-21)23-13-7-10-19-9-5-6-12-22(19)23/h5-18H,3-4H2,1-2H3/b18-17+. The molecule has 3 nitrogen and oxygen atoms in total. The van der Waals surface area contributed by atoms with E-state index in [9.17, 15) is 4.57 Å². The Hall–Kier alpha value is -2.90. The summed E-state index contributed by atoms with van der Waals surface area (Å²) in [5.74, 6) is 0. The van der Waals surface area contributed by atoms with Gasteiger partial charge < -0.3 is 4.52 Å². The maximum Gasteiger partial charge on any atom is 0.246 e. The minimum Gasteiger partial charge on any atom is -0.451 e. The smallest absolute Gasteiger partial charge is 0.246 e. The summed E-state index contributed by atoms with van der Waals surface area (Å²) in [5.41, 5.74) is 3.99. The van der Waals surface area contributed by atoms with E-state index in [0.717, 1.165) is 22.2 Å². The van der Waals surface area contributed by atoms with Gasteiger partial charge in [-0.3, -0.25) is 4.57 Å². The second-order valence-corrected chi connectivity index (χ2v) is 10.1. The average molecular weight is 401 g/mol. The molecule has 1 heterocycles. The van der Waals surface area contributed by atoms with E-state index in [0.29, 0.717) is 12.3 Å². The van der Waals surface area contributed by atoms with Crippen molar-refractivity contribution in [3.63, 3.8) is 0 Å². The van der Waals surface area contributed by atoms with Crippen LogP contribution in [-0.4, -0.2) is 17.3 Å². The summed E-state index contributed by atoms with van der Waals surface area (Å²) in [6.45, 7) is 3.78. The minimum absolute atomic E-state index is 0.532. The Balaban J connectivity index is 1.78. The Morgan fingerprint density at radius 2 is 1.52 bits per heavy atom. The summed E-state index contributed by atoms with van der Waals surface area (Å²) in [7, 11) is -2.57. The molecule has 146 valence electrons. The molecular formula is C25H24NO2P. The number of nitrogens with zero attached hydrogens (tertiary/aromatic N) is 1. The second kappa shape index (κ2) is 8.23. The molecule has 0 saturated heterocycles. The van der Waals surface area contributed by atoms with E-state index < -0.39 is 7.37 Å². The highest BCUT2D eigenvalue weighted by molar-refractivity contribution is 7.58. The van der Waals surface area contributed by atoms with Crippen molar-refractivity contribution < 1.29 is 9.09 Å². The third kappa shape index (κ3) is 3.97. The summed E-state index contributed by atoms with van der Waals surface area (Å²) in [6.07, 6.45) is 4.38. The van der Waals surface area contributed by atoms with Crippen molar-refractivity contribution in [2.45, 2.75) is 13.8 Å². The first-order valence-corrected chi connectivity index (χ1v) is 11.9. The number of hydrogen-bond acceptors (Lipinski definition) is 3. The summed E-state index contributed by atoms with van der Waals surface area (Å²) in [4.78, 5) is 4.87. The fourth-order valence-corrected chi connectivity index (χ4v) is 4.54. The molecule has 0 aliphatic rings. The number of pyridine rings is 1. The van der Waals surface area contributed by atoms with Crippen molar-refractivity contribution in [3.8, 4) is 11.1 Å². The lowest BCUT2D eigenvalue weighted by Gasteiger charge is -2.12. The van der Waals surface area contributed by atoms with E-state index in [2.05, 4.69) is 66.7 Å². The zero-order valence-electron chi connectivity index (χ0n) is 16.7. The first-order valence-electron chi connectivity index (χ1n) is 9.94. The molecule has 0 bridgehead atoms. The van der Waals surface area contributed by atoms with Crippen LogP contribution >= 0.6 is 7.37 Å². The van der Waals surface area contributed by atoms with Crippen molar-refractivity contribution in [1.82, 2.24) is 4.98 Å². The lowest BCUT2D eigenvalue weighted by Crippen LogP contribution is -1.91. The lowest BCUT2D eigenvalue weighted by atomic mass is 9.96. The predicted molar refractivity (Wildman–Crippen MR) is 123 cm³/mol. The maximum atomic E-state index is 12.4. The molecule has 0 atom stereocenters. The number of benzene rings is 3. The molecule has 4 rings (SSSR count). The molecule has 0 saturated carbocycles. The largest absolute Gasteiger partial charge is 0.451 e. The van der Waals surface area contributed by atoms with Gasteiger partial charge in [-0.15, -0.1) is 0 Å². The molecule has 0 amide bonds. The molecule has 1 aromatic heterocycles. The Morgan fingerprint density at radius 3 is 2.31 bits per heavy atom. The fourth-order valence-electron chi connectivity index (χ4n) is 3.52. The molecule has 3 aromatic carbocycles. The van der Waals surface area contributed by atoms with Crippen LogP contribution < -0.4 is 0 Å². The normalized spacial score (nSPS) is 12.1. The van der Waals surface area contributed by atoms with Gasteiger partial charge in [0.2, 0.25) is 7.37 Å². The molecule has 0 aliphatic heterocycles. The quantitative estimate of drug-likeness (QED) is 0.250. The molecule has 0 N–H and O–H groups in total. The van der Waals surface area contributed by atoms with Gasteiger partial charge in [0.05, 0.1) is 17.5 Å². The number of para-hydroxylation sites is 1. The van der Waals surface area contributed by atoms with Gasteiger partial charge in [0.15, 0.2) is 0 Å². The molecule has 4 heteroatoms. The van der Waals surface area contributed by atoms with Crippen LogP contribution in [0.1, 0.15) is 19.5 Å². The molecule has 0 fully saturated rings. The lowest BCUT2D eigenvalue weighted by molar-refractivity contribution is 0.444. The minimum atomic E-state index is -2.57. The van der Waals surface area contributed by atoms with Crippen LogP contribution in [0.5, 0.6) is 0 Å². The first-order chi connectivity index (χ1) is 14.1. The Kier molecular flexibility index (Phi) is 5.51. The van der Waals surface area contributed by atoms with Crippen LogP contribution in [0.15, 0.2) is 79.1 Å². The van der Waals surface area contributed by atoms with Crippen molar-refractivity contribution in [3.05, 3.63) is 84.8 Å². The molecule has 29 heavy (non-hydrogen) atoms. The number of hydrogen-bond donors (Lipinski definition) is 0. The zero-order valence-corrected chi connectivity index (χ0v) is 17.6. The third-order valence-electron chi connectivity index (χ3n) is 5.28. The van der Waals surface area contributed by atoms with Crippen LogP contribution in [-0.2, 0) is 9.09 Å². The van der Waals surface area contributed by atoms with Crippen LogP contribution in [0.4, 0.5) is 0 Å². The monoisotopic (exact) mass is 401 g/mol. The average Bonchev–Trinajstić information content (AvgIpc) is 2.78. The third-order valence-corrected chi connectivity index (χ3v) is 7.71. The number of fused-ring (bicyclic) bond motifs is 2. The van der Waals surface area contributed by atoms with Crippen LogP contribution in [0.25, 0.3) is 38.9 Å². The van der Waals surface area contributed by atoms with Gasteiger partial charge in [-0.05, 0) is 28.5 Å². The highest BCUT2D eigenvalue weighted by atomic mass is 31.2. The van der Waals surface area contributed by atoms with Crippen LogP contribution in [0, 0.1) is 0 Å². The van der Waals surface area contributed by atoms with E-state index in [1.165, 1.54) is 22.6 Å². The molecule has 0 aliphatic carbocycles. The Labute approximate surface area is 171 Å². The summed E-state index contributed by atoms with van der Waals surface area (Å²) < 4.78 is 18.0. The van der Waals surface area contributed by atoms with Gasteiger partial charge in [-0.2, -0.15) is 0 Å². The number of rotatable bonds is 6. The van der Waals surface area contributed by atoms with Crippen molar-refractivity contribution in [2.75, 3.05) is 12.3 Å². The second-order valence-electron chi connectivity index (χ2n) is 7.00. The predicted octanol–water partition coefficient (Wildman–Crippen LogP) is 7.36. The van der Waals surface area contributed by atoms with Gasteiger partial charge in [-0.25, -0.2) is 4.98 Å². The van der Waals surface area contributed by atoms with Gasteiger partial charge in [0, 0.05) is 23.3 Å². The van der Waals surface area contributed by atoms with Crippen molar-refractivity contribution in [2.24, 2.45) is 0 Å². The fraction of sp³-hybridized carbons (Fsp3) is 0.160. The first kappa shape index (κ1) is 19.4. The van der Waals surface area contributed by atoms with Gasteiger partial charge in [0.1, 0.15) is 0 Å². The van der Waals surface area contributed by atoms with Crippen molar-refractivity contribution >= 4 is 35.1 Å². The van der Waals surface area contributed by atoms with Crippen LogP contribution in [0.2, 0.25) is 0 Å². The highest BCUT2D eigenvalue weighted by Crippen LogP contribution is 2.46. The van der Waals surface area contributed by atoms with Crippen molar-refractivity contribution in [1.29, 1.82) is 0 Å².